The summed E-state index contributed by atoms with van der Waals surface area (Å²) in [5, 5.41) is 4.80. The minimum Gasteiger partial charge on any atom is -0.493 e. The second-order valence-electron chi connectivity index (χ2n) is 6.23. The molecule has 31 heavy (non-hydrogen) atoms. The molecule has 0 fully saturated rings. The molecular weight excluding hydrogens is 447 g/mol. The first-order valence-corrected chi connectivity index (χ1v) is 10.2. The third-order valence-corrected chi connectivity index (χ3v) is 5.31. The molecule has 7 nitrogen and oxygen atoms in total. The van der Waals surface area contributed by atoms with E-state index in [1.807, 2.05) is 6.07 Å². The van der Waals surface area contributed by atoms with Crippen LogP contribution >= 0.6 is 22.9 Å². The number of carbonyl (C=O) groups is 2. The number of carbonyl (C=O) groups excluding carboxylic acids is 2. The molecule has 0 saturated heterocycles. The number of nitrogens with one attached hydrogen (secondary N) is 1. The molecule has 0 aliphatic rings. The van der Waals surface area contributed by atoms with E-state index in [1.165, 1.54) is 23.5 Å². The van der Waals surface area contributed by atoms with Gasteiger partial charge in [0, 0.05) is 16.6 Å². The van der Waals surface area contributed by atoms with Gasteiger partial charge in [0.05, 0.1) is 31.4 Å². The number of esters is 1. The molecule has 1 amide bonds. The summed E-state index contributed by atoms with van der Waals surface area (Å²) >= 11 is 7.03. The number of aromatic nitrogens is 1. The third kappa shape index (κ3) is 5.93. The molecule has 162 valence electrons. The van der Waals surface area contributed by atoms with Crippen LogP contribution in [0.5, 0.6) is 11.5 Å². The van der Waals surface area contributed by atoms with Gasteiger partial charge in [0.2, 0.25) is 0 Å². The zero-order valence-corrected chi connectivity index (χ0v) is 18.2. The summed E-state index contributed by atoms with van der Waals surface area (Å²) in [7, 11) is 3.10. The van der Waals surface area contributed by atoms with Crippen molar-refractivity contribution in [3.05, 3.63) is 58.3 Å². The van der Waals surface area contributed by atoms with Crippen molar-refractivity contribution in [2.75, 3.05) is 26.1 Å². The van der Waals surface area contributed by atoms with Crippen LogP contribution in [0.3, 0.4) is 0 Å². The number of methoxy groups -OCH3 is 2. The van der Waals surface area contributed by atoms with Crippen molar-refractivity contribution in [2.45, 2.75) is 6.42 Å². The van der Waals surface area contributed by atoms with Crippen LogP contribution in [0, 0.1) is 5.82 Å². The zero-order chi connectivity index (χ0) is 22.4. The highest BCUT2D eigenvalue weighted by molar-refractivity contribution is 7.13. The van der Waals surface area contributed by atoms with Gasteiger partial charge in [0.15, 0.2) is 18.1 Å². The highest BCUT2D eigenvalue weighted by Gasteiger charge is 2.14. The molecule has 0 spiro atoms. The van der Waals surface area contributed by atoms with E-state index in [-0.39, 0.29) is 11.4 Å². The Morgan fingerprint density at radius 2 is 1.90 bits per heavy atom. The molecule has 0 aliphatic carbocycles. The van der Waals surface area contributed by atoms with Crippen LogP contribution in [0.25, 0.3) is 10.6 Å². The van der Waals surface area contributed by atoms with Gasteiger partial charge in [-0.05, 0) is 36.4 Å². The predicted octanol–water partition coefficient (Wildman–Crippen LogP) is 4.34. The van der Waals surface area contributed by atoms with E-state index in [9.17, 15) is 14.0 Å². The van der Waals surface area contributed by atoms with E-state index < -0.39 is 24.3 Å². The summed E-state index contributed by atoms with van der Waals surface area (Å²) < 4.78 is 28.6. The number of ether oxygens (including phenoxy) is 3. The van der Waals surface area contributed by atoms with Crippen LogP contribution in [-0.4, -0.2) is 37.7 Å². The van der Waals surface area contributed by atoms with Gasteiger partial charge in [0.1, 0.15) is 10.8 Å². The van der Waals surface area contributed by atoms with E-state index in [4.69, 9.17) is 25.8 Å². The van der Waals surface area contributed by atoms with Gasteiger partial charge < -0.3 is 19.5 Å². The lowest BCUT2D eigenvalue weighted by Crippen LogP contribution is -2.21. The van der Waals surface area contributed by atoms with E-state index >= 15 is 0 Å². The van der Waals surface area contributed by atoms with Crippen molar-refractivity contribution in [1.29, 1.82) is 0 Å². The fourth-order valence-corrected chi connectivity index (χ4v) is 3.60. The average Bonchev–Trinajstić information content (AvgIpc) is 3.22. The largest absolute Gasteiger partial charge is 0.493 e. The first kappa shape index (κ1) is 22.5. The van der Waals surface area contributed by atoms with Gasteiger partial charge in [0.25, 0.3) is 5.91 Å². The number of benzene rings is 2. The van der Waals surface area contributed by atoms with Gasteiger partial charge in [-0.3, -0.25) is 9.59 Å². The predicted molar refractivity (Wildman–Crippen MR) is 115 cm³/mol. The topological polar surface area (TPSA) is 86.8 Å². The number of anilines is 1. The Labute approximate surface area is 186 Å². The zero-order valence-electron chi connectivity index (χ0n) is 16.6. The number of rotatable bonds is 8. The molecule has 2 aromatic carbocycles. The molecule has 0 aliphatic heterocycles. The van der Waals surface area contributed by atoms with Crippen molar-refractivity contribution in [1.82, 2.24) is 4.98 Å². The lowest BCUT2D eigenvalue weighted by molar-refractivity contribution is -0.146. The molecule has 0 saturated carbocycles. The first-order valence-electron chi connectivity index (χ1n) is 8.97. The van der Waals surface area contributed by atoms with E-state index in [2.05, 4.69) is 10.3 Å². The number of thiazole rings is 1. The van der Waals surface area contributed by atoms with E-state index in [0.717, 1.165) is 11.6 Å². The van der Waals surface area contributed by atoms with Gasteiger partial charge in [-0.25, -0.2) is 9.37 Å². The smallest absolute Gasteiger partial charge is 0.312 e. The van der Waals surface area contributed by atoms with Crippen LogP contribution < -0.4 is 14.8 Å². The second kappa shape index (κ2) is 10.2. The quantitative estimate of drug-likeness (QED) is 0.499. The Morgan fingerprint density at radius 3 is 2.61 bits per heavy atom. The molecule has 0 atom stereocenters. The Balaban J connectivity index is 1.54. The highest BCUT2D eigenvalue weighted by atomic mass is 35.5. The summed E-state index contributed by atoms with van der Waals surface area (Å²) in [5.74, 6) is -0.587. The van der Waals surface area contributed by atoms with Crippen LogP contribution in [0.15, 0.2) is 41.8 Å². The van der Waals surface area contributed by atoms with Crippen LogP contribution in [0.4, 0.5) is 10.1 Å². The standard InChI is InChI=1S/C21H18ClFN2O5S/c1-28-17-6-3-12(7-18(17)29-2)21-25-14(11-31-21)9-20(27)30-10-19(26)24-13-4-5-16(23)15(22)8-13/h3-8,11H,9-10H2,1-2H3,(H,24,26). The SMILES string of the molecule is COc1ccc(-c2nc(CC(=O)OCC(=O)Nc3ccc(F)c(Cl)c3)cs2)cc1OC. The minimum absolute atomic E-state index is 0.0839. The average molecular weight is 465 g/mol. The molecule has 10 heteroatoms. The number of halogens is 2. The van der Waals surface area contributed by atoms with Crippen LogP contribution in [-0.2, 0) is 20.7 Å². The molecule has 1 N–H and O–H groups in total. The number of hydrogen-bond donors (Lipinski definition) is 1. The minimum atomic E-state index is -0.601. The second-order valence-corrected chi connectivity index (χ2v) is 7.49. The molecule has 1 aromatic heterocycles. The molecule has 0 radical (unpaired) electrons. The Morgan fingerprint density at radius 1 is 1.13 bits per heavy atom. The van der Waals surface area contributed by atoms with Crippen molar-refractivity contribution < 1.29 is 28.2 Å². The molecule has 3 aromatic rings. The molecule has 0 bridgehead atoms. The van der Waals surface area contributed by atoms with Crippen molar-refractivity contribution >= 4 is 40.5 Å². The summed E-state index contributed by atoms with van der Waals surface area (Å²) in [6, 6.07) is 9.16. The van der Waals surface area contributed by atoms with E-state index in [0.29, 0.717) is 27.9 Å². The third-order valence-electron chi connectivity index (χ3n) is 4.08. The maximum Gasteiger partial charge on any atom is 0.312 e. The van der Waals surface area contributed by atoms with Gasteiger partial charge in [-0.1, -0.05) is 11.6 Å². The van der Waals surface area contributed by atoms with Crippen molar-refractivity contribution in [3.8, 4) is 22.1 Å². The molecule has 3 rings (SSSR count). The van der Waals surface area contributed by atoms with Crippen LogP contribution in [0.1, 0.15) is 5.69 Å². The fraction of sp³-hybridized carbons (Fsp3) is 0.190. The fourth-order valence-electron chi connectivity index (χ4n) is 2.61. The summed E-state index contributed by atoms with van der Waals surface area (Å²) in [6.45, 7) is -0.486. The summed E-state index contributed by atoms with van der Waals surface area (Å²) in [5.41, 5.74) is 1.64. The molecule has 0 unspecified atom stereocenters. The van der Waals surface area contributed by atoms with Gasteiger partial charge in [-0.15, -0.1) is 11.3 Å². The Bertz CT molecular complexity index is 1110. The Hall–Kier alpha value is -3.17. The van der Waals surface area contributed by atoms with Crippen LogP contribution in [0.2, 0.25) is 5.02 Å². The number of amides is 1. The van der Waals surface area contributed by atoms with Gasteiger partial charge >= 0.3 is 5.97 Å². The summed E-state index contributed by atoms with van der Waals surface area (Å²) in [6.07, 6.45) is -0.0839. The maximum atomic E-state index is 13.1. The van der Waals surface area contributed by atoms with Crippen molar-refractivity contribution in [2.24, 2.45) is 0 Å². The molecule has 1 heterocycles. The lowest BCUT2D eigenvalue weighted by Gasteiger charge is -2.08. The Kier molecular flexibility index (Phi) is 7.43. The maximum absolute atomic E-state index is 13.1. The highest BCUT2D eigenvalue weighted by Crippen LogP contribution is 2.33. The lowest BCUT2D eigenvalue weighted by atomic mass is 10.2. The number of nitrogens with zero attached hydrogens (tertiary/aromatic N) is 1. The summed E-state index contributed by atoms with van der Waals surface area (Å²) in [4.78, 5) is 28.4. The number of hydrogen-bond acceptors (Lipinski definition) is 7. The monoisotopic (exact) mass is 464 g/mol. The normalized spacial score (nSPS) is 10.5. The first-order chi connectivity index (χ1) is 14.9. The van der Waals surface area contributed by atoms with Crippen molar-refractivity contribution in [3.63, 3.8) is 0 Å². The van der Waals surface area contributed by atoms with E-state index in [1.54, 1.807) is 31.7 Å². The van der Waals surface area contributed by atoms with Gasteiger partial charge in [-0.2, -0.15) is 0 Å². The molecular formula is C21H18ClFN2O5S.